The normalized spacial score (nSPS) is 10.5. The molecular formula is C13H14N2O2. The smallest absolute Gasteiger partial charge is 0.340 e. The third-order valence-electron chi connectivity index (χ3n) is 2.71. The van der Waals surface area contributed by atoms with Crippen LogP contribution in [0.1, 0.15) is 28.5 Å². The Morgan fingerprint density at radius 1 is 1.35 bits per heavy atom. The molecule has 1 aromatic heterocycles. The molecule has 4 heteroatoms. The number of methoxy groups -OCH3 is 1. The van der Waals surface area contributed by atoms with Gasteiger partial charge in [0.1, 0.15) is 6.33 Å². The molecule has 0 radical (unpaired) electrons. The zero-order chi connectivity index (χ0) is 12.4. The van der Waals surface area contributed by atoms with Crippen LogP contribution in [-0.2, 0) is 11.2 Å². The summed E-state index contributed by atoms with van der Waals surface area (Å²) in [5.74, 6) is -0.362. The predicted octanol–water partition coefficient (Wildman–Crippen LogP) is 2.29. The van der Waals surface area contributed by atoms with Gasteiger partial charge in [-0.1, -0.05) is 6.92 Å². The van der Waals surface area contributed by atoms with E-state index < -0.39 is 0 Å². The van der Waals surface area contributed by atoms with Crippen molar-refractivity contribution >= 4 is 16.9 Å². The lowest BCUT2D eigenvalue weighted by Gasteiger charge is -2.08. The number of hydrogen-bond acceptors (Lipinski definition) is 4. The van der Waals surface area contributed by atoms with Crippen molar-refractivity contribution in [1.82, 2.24) is 9.97 Å². The molecule has 0 saturated heterocycles. The van der Waals surface area contributed by atoms with Crippen LogP contribution in [0.3, 0.4) is 0 Å². The van der Waals surface area contributed by atoms with Gasteiger partial charge in [-0.05, 0) is 31.0 Å². The van der Waals surface area contributed by atoms with E-state index in [2.05, 4.69) is 9.97 Å². The maximum absolute atomic E-state index is 11.7. The van der Waals surface area contributed by atoms with Gasteiger partial charge < -0.3 is 4.74 Å². The number of ether oxygens (including phenoxy) is 1. The molecule has 1 aromatic carbocycles. The van der Waals surface area contributed by atoms with Crippen molar-refractivity contribution in [2.75, 3.05) is 7.11 Å². The Labute approximate surface area is 99.7 Å². The van der Waals surface area contributed by atoms with Crippen LogP contribution in [0, 0.1) is 6.92 Å². The number of rotatable bonds is 2. The Hall–Kier alpha value is -1.97. The molecule has 0 aliphatic carbocycles. The van der Waals surface area contributed by atoms with E-state index >= 15 is 0 Å². The Morgan fingerprint density at radius 2 is 2.12 bits per heavy atom. The zero-order valence-corrected chi connectivity index (χ0v) is 10.2. The highest BCUT2D eigenvalue weighted by atomic mass is 16.5. The first-order valence-corrected chi connectivity index (χ1v) is 5.50. The van der Waals surface area contributed by atoms with Gasteiger partial charge in [-0.3, -0.25) is 0 Å². The summed E-state index contributed by atoms with van der Waals surface area (Å²) in [6.45, 7) is 3.97. The molecule has 0 aliphatic heterocycles. The lowest BCUT2D eigenvalue weighted by Crippen LogP contribution is -2.05. The van der Waals surface area contributed by atoms with E-state index in [4.69, 9.17) is 4.74 Å². The van der Waals surface area contributed by atoms with Crippen LogP contribution in [0.15, 0.2) is 18.5 Å². The standard InChI is InChI=1S/C13H14N2O2/c1-4-11-9-5-8(2)6-10(13(16)17-3)12(9)15-7-14-11/h5-7H,4H2,1-3H3. The van der Waals surface area contributed by atoms with E-state index in [1.165, 1.54) is 13.4 Å². The number of fused-ring (bicyclic) bond motifs is 1. The third-order valence-corrected chi connectivity index (χ3v) is 2.71. The molecule has 0 N–H and O–H groups in total. The first-order chi connectivity index (χ1) is 8.17. The van der Waals surface area contributed by atoms with E-state index in [0.29, 0.717) is 11.1 Å². The molecule has 0 saturated carbocycles. The van der Waals surface area contributed by atoms with Gasteiger partial charge in [0.05, 0.1) is 23.9 Å². The summed E-state index contributed by atoms with van der Waals surface area (Å²) in [6.07, 6.45) is 2.30. The number of carbonyl (C=O) groups excluding carboxylic acids is 1. The molecule has 0 bridgehead atoms. The quantitative estimate of drug-likeness (QED) is 0.743. The summed E-state index contributed by atoms with van der Waals surface area (Å²) in [6, 6.07) is 3.79. The van der Waals surface area contributed by atoms with Gasteiger partial charge >= 0.3 is 5.97 Å². The maximum atomic E-state index is 11.7. The Bertz CT molecular complexity index is 579. The fourth-order valence-electron chi connectivity index (χ4n) is 1.91. The molecule has 88 valence electrons. The van der Waals surface area contributed by atoms with Crippen LogP contribution < -0.4 is 0 Å². The Balaban J connectivity index is 2.81. The number of hydrogen-bond donors (Lipinski definition) is 0. The molecule has 2 rings (SSSR count). The molecule has 0 fully saturated rings. The summed E-state index contributed by atoms with van der Waals surface area (Å²) >= 11 is 0. The highest BCUT2D eigenvalue weighted by Crippen LogP contribution is 2.22. The van der Waals surface area contributed by atoms with Gasteiger partial charge in [0.25, 0.3) is 0 Å². The first-order valence-electron chi connectivity index (χ1n) is 5.50. The lowest BCUT2D eigenvalue weighted by atomic mass is 10.0. The van der Waals surface area contributed by atoms with Gasteiger partial charge in [0, 0.05) is 5.39 Å². The van der Waals surface area contributed by atoms with Crippen molar-refractivity contribution in [1.29, 1.82) is 0 Å². The second-order valence-corrected chi connectivity index (χ2v) is 3.87. The van der Waals surface area contributed by atoms with Crippen LogP contribution in [0.25, 0.3) is 10.9 Å². The van der Waals surface area contributed by atoms with E-state index in [0.717, 1.165) is 23.1 Å². The van der Waals surface area contributed by atoms with Crippen LogP contribution in [0.5, 0.6) is 0 Å². The van der Waals surface area contributed by atoms with E-state index in [1.54, 1.807) is 6.07 Å². The lowest BCUT2D eigenvalue weighted by molar-refractivity contribution is 0.0602. The summed E-state index contributed by atoms with van der Waals surface area (Å²) in [4.78, 5) is 20.1. The van der Waals surface area contributed by atoms with Gasteiger partial charge in [-0.25, -0.2) is 14.8 Å². The average Bonchev–Trinajstić information content (AvgIpc) is 2.36. The van der Waals surface area contributed by atoms with Gasteiger partial charge in [0.15, 0.2) is 0 Å². The van der Waals surface area contributed by atoms with Crippen molar-refractivity contribution in [3.8, 4) is 0 Å². The molecule has 2 aromatic rings. The number of nitrogens with zero attached hydrogens (tertiary/aromatic N) is 2. The monoisotopic (exact) mass is 230 g/mol. The number of aromatic nitrogens is 2. The average molecular weight is 230 g/mol. The molecule has 0 unspecified atom stereocenters. The SMILES string of the molecule is CCc1ncnc2c(C(=O)OC)cc(C)cc12. The van der Waals surface area contributed by atoms with Crippen LogP contribution in [-0.4, -0.2) is 23.0 Å². The summed E-state index contributed by atoms with van der Waals surface area (Å²) in [7, 11) is 1.37. The molecule has 4 nitrogen and oxygen atoms in total. The van der Waals surface area contributed by atoms with Crippen molar-refractivity contribution in [3.05, 3.63) is 35.3 Å². The van der Waals surface area contributed by atoms with E-state index in [1.807, 2.05) is 19.9 Å². The number of aryl methyl sites for hydroxylation is 2. The van der Waals surface area contributed by atoms with E-state index in [-0.39, 0.29) is 5.97 Å². The van der Waals surface area contributed by atoms with Crippen molar-refractivity contribution < 1.29 is 9.53 Å². The van der Waals surface area contributed by atoms with Gasteiger partial charge in [-0.2, -0.15) is 0 Å². The van der Waals surface area contributed by atoms with E-state index in [9.17, 15) is 4.79 Å². The third kappa shape index (κ3) is 1.98. The minimum atomic E-state index is -0.362. The molecule has 0 aliphatic rings. The second-order valence-electron chi connectivity index (χ2n) is 3.87. The number of benzene rings is 1. The summed E-state index contributed by atoms with van der Waals surface area (Å²) < 4.78 is 4.77. The largest absolute Gasteiger partial charge is 0.465 e. The molecule has 17 heavy (non-hydrogen) atoms. The fourth-order valence-corrected chi connectivity index (χ4v) is 1.91. The van der Waals surface area contributed by atoms with Crippen LogP contribution >= 0.6 is 0 Å². The Morgan fingerprint density at radius 3 is 2.76 bits per heavy atom. The minimum absolute atomic E-state index is 0.362. The van der Waals surface area contributed by atoms with Crippen LogP contribution in [0.2, 0.25) is 0 Å². The maximum Gasteiger partial charge on any atom is 0.340 e. The van der Waals surface area contributed by atoms with Crippen molar-refractivity contribution in [2.45, 2.75) is 20.3 Å². The summed E-state index contributed by atoms with van der Waals surface area (Å²) in [5.41, 5.74) is 3.11. The van der Waals surface area contributed by atoms with Gasteiger partial charge in [-0.15, -0.1) is 0 Å². The molecule has 0 spiro atoms. The highest BCUT2D eigenvalue weighted by molar-refractivity contribution is 6.03. The van der Waals surface area contributed by atoms with Crippen LogP contribution in [0.4, 0.5) is 0 Å². The number of esters is 1. The number of carbonyl (C=O) groups is 1. The van der Waals surface area contributed by atoms with Gasteiger partial charge in [0.2, 0.25) is 0 Å². The summed E-state index contributed by atoms with van der Waals surface area (Å²) in [5, 5.41) is 0.926. The second kappa shape index (κ2) is 4.49. The topological polar surface area (TPSA) is 52.1 Å². The minimum Gasteiger partial charge on any atom is -0.465 e. The fraction of sp³-hybridized carbons (Fsp3) is 0.308. The molecular weight excluding hydrogens is 216 g/mol. The highest BCUT2D eigenvalue weighted by Gasteiger charge is 2.14. The van der Waals surface area contributed by atoms with Crippen molar-refractivity contribution in [2.24, 2.45) is 0 Å². The molecule has 0 amide bonds. The molecule has 1 heterocycles. The van der Waals surface area contributed by atoms with Crippen molar-refractivity contribution in [3.63, 3.8) is 0 Å². The predicted molar refractivity (Wildman–Crippen MR) is 65.0 cm³/mol. The zero-order valence-electron chi connectivity index (χ0n) is 10.2. The Kier molecular flexibility index (Phi) is 3.04. The molecule has 0 atom stereocenters. The first kappa shape index (κ1) is 11.5.